The number of hydrogen-bond donors (Lipinski definition) is 3. The number of likely N-dealkylation sites (tertiary alicyclic amines) is 1. The molecule has 1 aromatic carbocycles. The standard InChI is InChI=1S/C13H15N5O2/c14-8-1-2-10-9(5-8)11(17-16-10)13(20)18-4-3-7(6-18)12(15)19/h1-2,5,7H,3-4,6,14H2,(H2,15,19)(H,16,17). The van der Waals surface area contributed by atoms with Crippen LogP contribution in [0.3, 0.4) is 0 Å². The SMILES string of the molecule is NC(=O)C1CCN(C(=O)c2n[nH]c3ccc(N)cc23)C1. The number of benzene rings is 1. The van der Waals surface area contributed by atoms with Crippen molar-refractivity contribution >= 4 is 28.4 Å². The van der Waals surface area contributed by atoms with Gasteiger partial charge in [-0.05, 0) is 24.6 Å². The average Bonchev–Trinajstić information content (AvgIpc) is 3.04. The molecule has 0 saturated carbocycles. The third kappa shape index (κ3) is 1.97. The summed E-state index contributed by atoms with van der Waals surface area (Å²) in [5, 5.41) is 7.56. The van der Waals surface area contributed by atoms with Gasteiger partial charge in [0.2, 0.25) is 5.91 Å². The van der Waals surface area contributed by atoms with Crippen LogP contribution in [-0.2, 0) is 4.79 Å². The number of nitrogens with two attached hydrogens (primary N) is 2. The molecule has 0 radical (unpaired) electrons. The Balaban J connectivity index is 1.90. The molecule has 1 aliphatic rings. The molecule has 7 nitrogen and oxygen atoms in total. The molecule has 2 heterocycles. The predicted octanol–water partition coefficient (Wildman–Crippen LogP) is 0.0925. The van der Waals surface area contributed by atoms with Crippen LogP contribution in [0.25, 0.3) is 10.9 Å². The molecule has 1 atom stereocenters. The quantitative estimate of drug-likeness (QED) is 0.672. The molecule has 2 aromatic rings. The van der Waals surface area contributed by atoms with E-state index in [4.69, 9.17) is 11.5 Å². The van der Waals surface area contributed by atoms with E-state index in [1.165, 1.54) is 0 Å². The lowest BCUT2D eigenvalue weighted by Crippen LogP contribution is -2.32. The fourth-order valence-electron chi connectivity index (χ4n) is 2.52. The van der Waals surface area contributed by atoms with Crippen LogP contribution >= 0.6 is 0 Å². The smallest absolute Gasteiger partial charge is 0.275 e. The number of aromatic amines is 1. The van der Waals surface area contributed by atoms with Gasteiger partial charge < -0.3 is 16.4 Å². The summed E-state index contributed by atoms with van der Waals surface area (Å²) in [5.41, 5.74) is 12.7. The number of nitrogens with zero attached hydrogens (tertiary/aromatic N) is 2. The fourth-order valence-corrected chi connectivity index (χ4v) is 2.52. The van der Waals surface area contributed by atoms with Gasteiger partial charge in [0, 0.05) is 24.2 Å². The van der Waals surface area contributed by atoms with Crippen LogP contribution in [-0.4, -0.2) is 40.0 Å². The van der Waals surface area contributed by atoms with E-state index in [0.29, 0.717) is 36.3 Å². The number of amides is 2. The number of carbonyl (C=O) groups excluding carboxylic acids is 2. The maximum atomic E-state index is 12.5. The second-order valence-corrected chi connectivity index (χ2v) is 5.02. The van der Waals surface area contributed by atoms with Gasteiger partial charge in [-0.2, -0.15) is 5.10 Å². The Kier molecular flexibility index (Phi) is 2.81. The number of hydrogen-bond acceptors (Lipinski definition) is 4. The van der Waals surface area contributed by atoms with Crippen LogP contribution < -0.4 is 11.5 Å². The molecule has 2 amide bonds. The zero-order valence-electron chi connectivity index (χ0n) is 10.8. The average molecular weight is 273 g/mol. The van der Waals surface area contributed by atoms with E-state index >= 15 is 0 Å². The molecule has 1 fully saturated rings. The minimum Gasteiger partial charge on any atom is -0.399 e. The number of primary amides is 1. The Labute approximate surface area is 114 Å². The topological polar surface area (TPSA) is 118 Å². The summed E-state index contributed by atoms with van der Waals surface area (Å²) >= 11 is 0. The number of nitrogens with one attached hydrogen (secondary N) is 1. The number of nitrogen functional groups attached to an aromatic ring is 1. The number of aromatic nitrogens is 2. The van der Waals surface area contributed by atoms with Crippen LogP contribution in [0.5, 0.6) is 0 Å². The molecule has 7 heteroatoms. The lowest BCUT2D eigenvalue weighted by Gasteiger charge is -2.14. The van der Waals surface area contributed by atoms with E-state index in [-0.39, 0.29) is 17.7 Å². The van der Waals surface area contributed by atoms with Crippen molar-refractivity contribution in [1.82, 2.24) is 15.1 Å². The van der Waals surface area contributed by atoms with Crippen LogP contribution in [0.1, 0.15) is 16.9 Å². The molecular weight excluding hydrogens is 258 g/mol. The summed E-state index contributed by atoms with van der Waals surface area (Å²) in [4.78, 5) is 25.2. The molecule has 20 heavy (non-hydrogen) atoms. The van der Waals surface area contributed by atoms with E-state index in [2.05, 4.69) is 10.2 Å². The van der Waals surface area contributed by atoms with Gasteiger partial charge in [-0.25, -0.2) is 0 Å². The summed E-state index contributed by atoms with van der Waals surface area (Å²) < 4.78 is 0. The van der Waals surface area contributed by atoms with Crippen molar-refractivity contribution in [2.45, 2.75) is 6.42 Å². The van der Waals surface area contributed by atoms with E-state index in [1.807, 2.05) is 0 Å². The van der Waals surface area contributed by atoms with Crippen LogP contribution in [0.15, 0.2) is 18.2 Å². The van der Waals surface area contributed by atoms with Crippen LogP contribution in [0.4, 0.5) is 5.69 Å². The molecule has 104 valence electrons. The first-order chi connectivity index (χ1) is 9.56. The van der Waals surface area contributed by atoms with Crippen LogP contribution in [0, 0.1) is 5.92 Å². The predicted molar refractivity (Wildman–Crippen MR) is 73.7 cm³/mol. The Morgan fingerprint density at radius 2 is 2.20 bits per heavy atom. The van der Waals surface area contributed by atoms with E-state index in [9.17, 15) is 9.59 Å². The van der Waals surface area contributed by atoms with Crippen molar-refractivity contribution in [2.75, 3.05) is 18.8 Å². The normalized spacial score (nSPS) is 18.6. The van der Waals surface area contributed by atoms with Crippen molar-refractivity contribution in [3.8, 4) is 0 Å². The minimum atomic E-state index is -0.364. The number of carbonyl (C=O) groups is 2. The monoisotopic (exact) mass is 273 g/mol. The van der Waals surface area contributed by atoms with E-state index in [1.54, 1.807) is 23.1 Å². The highest BCUT2D eigenvalue weighted by Gasteiger charge is 2.31. The first-order valence-corrected chi connectivity index (χ1v) is 6.38. The van der Waals surface area contributed by atoms with Gasteiger partial charge in [-0.3, -0.25) is 14.7 Å². The van der Waals surface area contributed by atoms with Crippen molar-refractivity contribution in [3.63, 3.8) is 0 Å². The zero-order chi connectivity index (χ0) is 14.3. The second kappa shape index (κ2) is 4.52. The summed E-state index contributed by atoms with van der Waals surface area (Å²) in [5.74, 6) is -0.837. The number of fused-ring (bicyclic) bond motifs is 1. The highest BCUT2D eigenvalue weighted by Crippen LogP contribution is 2.23. The van der Waals surface area contributed by atoms with Gasteiger partial charge >= 0.3 is 0 Å². The number of rotatable bonds is 2. The Bertz CT molecular complexity index is 693. The second-order valence-electron chi connectivity index (χ2n) is 5.02. The van der Waals surface area contributed by atoms with Crippen molar-refractivity contribution in [1.29, 1.82) is 0 Å². The fraction of sp³-hybridized carbons (Fsp3) is 0.308. The summed E-state index contributed by atoms with van der Waals surface area (Å²) in [7, 11) is 0. The first kappa shape index (κ1) is 12.5. The molecule has 1 aliphatic heterocycles. The summed E-state index contributed by atoms with van der Waals surface area (Å²) in [6.45, 7) is 0.869. The molecule has 0 aliphatic carbocycles. The van der Waals surface area contributed by atoms with Gasteiger partial charge in [0.25, 0.3) is 5.91 Å². The van der Waals surface area contributed by atoms with Crippen molar-refractivity contribution < 1.29 is 9.59 Å². The molecular formula is C13H15N5O2. The molecule has 1 unspecified atom stereocenters. The highest BCUT2D eigenvalue weighted by atomic mass is 16.2. The van der Waals surface area contributed by atoms with Gasteiger partial charge in [0.05, 0.1) is 11.4 Å². The van der Waals surface area contributed by atoms with Gasteiger partial charge in [0.15, 0.2) is 5.69 Å². The lowest BCUT2D eigenvalue weighted by atomic mass is 10.1. The lowest BCUT2D eigenvalue weighted by molar-refractivity contribution is -0.121. The Morgan fingerprint density at radius 1 is 1.40 bits per heavy atom. The molecule has 0 bridgehead atoms. The largest absolute Gasteiger partial charge is 0.399 e. The Hall–Kier alpha value is -2.57. The van der Waals surface area contributed by atoms with E-state index < -0.39 is 0 Å². The van der Waals surface area contributed by atoms with Gasteiger partial charge in [-0.1, -0.05) is 0 Å². The maximum absolute atomic E-state index is 12.5. The molecule has 1 saturated heterocycles. The third-order valence-corrected chi connectivity index (χ3v) is 3.67. The van der Waals surface area contributed by atoms with Crippen molar-refractivity contribution in [2.24, 2.45) is 11.7 Å². The zero-order valence-corrected chi connectivity index (χ0v) is 10.8. The number of H-pyrrole nitrogens is 1. The third-order valence-electron chi connectivity index (χ3n) is 3.67. The van der Waals surface area contributed by atoms with Gasteiger partial charge in [-0.15, -0.1) is 0 Å². The molecule has 0 spiro atoms. The van der Waals surface area contributed by atoms with Crippen LogP contribution in [0.2, 0.25) is 0 Å². The summed E-state index contributed by atoms with van der Waals surface area (Å²) in [6, 6.07) is 5.24. The molecule has 5 N–H and O–H groups in total. The highest BCUT2D eigenvalue weighted by molar-refractivity contribution is 6.05. The maximum Gasteiger partial charge on any atom is 0.275 e. The molecule has 1 aromatic heterocycles. The minimum absolute atomic E-state index is 0.203. The van der Waals surface area contributed by atoms with E-state index in [0.717, 1.165) is 5.52 Å². The Morgan fingerprint density at radius 3 is 2.90 bits per heavy atom. The first-order valence-electron chi connectivity index (χ1n) is 6.38. The summed E-state index contributed by atoms with van der Waals surface area (Å²) in [6.07, 6.45) is 0.603. The van der Waals surface area contributed by atoms with Crippen molar-refractivity contribution in [3.05, 3.63) is 23.9 Å². The van der Waals surface area contributed by atoms with Gasteiger partial charge in [0.1, 0.15) is 0 Å². The molecule has 3 rings (SSSR count). The number of anilines is 1.